The van der Waals surface area contributed by atoms with Gasteiger partial charge in [-0.15, -0.1) is 0 Å². The predicted octanol–water partition coefficient (Wildman–Crippen LogP) is 4.21. The first-order valence-electron chi connectivity index (χ1n) is 8.16. The number of fused-ring (bicyclic) bond motifs is 1. The molecule has 0 atom stereocenters. The molecule has 0 spiro atoms. The van der Waals surface area contributed by atoms with Crippen LogP contribution in [-0.2, 0) is 13.0 Å². The Kier molecular flexibility index (Phi) is 4.67. The Balaban J connectivity index is 2.43. The number of nitrogens with zero attached hydrogens (tertiary/aromatic N) is 3. The summed E-state index contributed by atoms with van der Waals surface area (Å²) in [5.74, 6) is 1.21. The molecule has 0 unspecified atom stereocenters. The monoisotopic (exact) mass is 301 g/mol. The minimum absolute atomic E-state index is 0.208. The van der Waals surface area contributed by atoms with Gasteiger partial charge in [-0.1, -0.05) is 46.8 Å². The van der Waals surface area contributed by atoms with Crippen LogP contribution < -0.4 is 0 Å². The van der Waals surface area contributed by atoms with Crippen LogP contribution in [0.15, 0.2) is 24.3 Å². The van der Waals surface area contributed by atoms with E-state index in [-0.39, 0.29) is 10.8 Å². The zero-order chi connectivity index (χ0) is 16.5. The Morgan fingerprint density at radius 3 is 2.27 bits per heavy atom. The van der Waals surface area contributed by atoms with Gasteiger partial charge in [0.2, 0.25) is 0 Å². The molecule has 1 aromatic carbocycles. The normalized spacial score (nSPS) is 13.3. The van der Waals surface area contributed by atoms with Crippen molar-refractivity contribution in [2.45, 2.75) is 47.6 Å². The quantitative estimate of drug-likeness (QED) is 0.824. The number of benzene rings is 1. The van der Waals surface area contributed by atoms with E-state index < -0.39 is 0 Å². The van der Waals surface area contributed by atoms with Crippen molar-refractivity contribution >= 4 is 11.0 Å². The average molecular weight is 301 g/mol. The lowest BCUT2D eigenvalue weighted by Crippen LogP contribution is -2.33. The van der Waals surface area contributed by atoms with Gasteiger partial charge in [0.25, 0.3) is 0 Å². The third-order valence-electron chi connectivity index (χ3n) is 3.75. The van der Waals surface area contributed by atoms with Crippen molar-refractivity contribution in [3.63, 3.8) is 0 Å². The largest absolute Gasteiger partial charge is 0.327 e. The molecule has 0 aliphatic rings. The van der Waals surface area contributed by atoms with Crippen LogP contribution in [0.25, 0.3) is 11.0 Å². The Hall–Kier alpha value is -1.35. The first-order valence-corrected chi connectivity index (χ1v) is 8.16. The summed E-state index contributed by atoms with van der Waals surface area (Å²) in [7, 11) is 4.29. The molecule has 0 radical (unpaired) electrons. The van der Waals surface area contributed by atoms with E-state index in [0.717, 1.165) is 25.0 Å². The van der Waals surface area contributed by atoms with Gasteiger partial charge >= 0.3 is 0 Å². The highest BCUT2D eigenvalue weighted by Gasteiger charge is 2.24. The molecule has 0 N–H and O–H groups in total. The molecule has 0 fully saturated rings. The van der Waals surface area contributed by atoms with Crippen molar-refractivity contribution < 1.29 is 0 Å². The molecule has 0 amide bonds. The van der Waals surface area contributed by atoms with Gasteiger partial charge in [0.05, 0.1) is 11.0 Å². The molecule has 3 heteroatoms. The van der Waals surface area contributed by atoms with Crippen molar-refractivity contribution in [3.8, 4) is 0 Å². The highest BCUT2D eigenvalue weighted by Crippen LogP contribution is 2.28. The van der Waals surface area contributed by atoms with Gasteiger partial charge in [0.1, 0.15) is 5.82 Å². The second-order valence-electron chi connectivity index (χ2n) is 8.74. The number of rotatable bonds is 5. The standard InChI is InChI=1S/C19H31N3/c1-18(2,3)12-17-20-15-10-8-9-11-16(15)22(17)14-19(4,5)13-21(6)7/h8-11H,12-14H2,1-7H3. The molecule has 22 heavy (non-hydrogen) atoms. The average Bonchev–Trinajstić information content (AvgIpc) is 2.63. The minimum atomic E-state index is 0.208. The van der Waals surface area contributed by atoms with E-state index in [1.54, 1.807) is 0 Å². The van der Waals surface area contributed by atoms with Crippen molar-refractivity contribution in [2.24, 2.45) is 10.8 Å². The van der Waals surface area contributed by atoms with Crippen LogP contribution in [0.1, 0.15) is 40.4 Å². The Morgan fingerprint density at radius 1 is 1.05 bits per heavy atom. The number of hydrogen-bond acceptors (Lipinski definition) is 2. The smallest absolute Gasteiger partial charge is 0.110 e. The lowest BCUT2D eigenvalue weighted by atomic mass is 9.90. The van der Waals surface area contributed by atoms with Gasteiger partial charge in [-0.2, -0.15) is 0 Å². The minimum Gasteiger partial charge on any atom is -0.327 e. The molecule has 0 saturated carbocycles. The number of hydrogen-bond donors (Lipinski definition) is 0. The van der Waals surface area contributed by atoms with E-state index in [9.17, 15) is 0 Å². The molecule has 2 rings (SSSR count). The van der Waals surface area contributed by atoms with Gasteiger partial charge in [-0.05, 0) is 37.1 Å². The van der Waals surface area contributed by atoms with E-state index in [2.05, 4.69) is 82.4 Å². The molecule has 122 valence electrons. The molecule has 0 aliphatic heterocycles. The molecular weight excluding hydrogens is 270 g/mol. The first kappa shape index (κ1) is 17.0. The lowest BCUT2D eigenvalue weighted by molar-refractivity contribution is 0.210. The van der Waals surface area contributed by atoms with Crippen LogP contribution in [-0.4, -0.2) is 35.1 Å². The third-order valence-corrected chi connectivity index (χ3v) is 3.75. The predicted molar refractivity (Wildman–Crippen MR) is 95.2 cm³/mol. The highest BCUT2D eigenvalue weighted by atomic mass is 15.1. The maximum absolute atomic E-state index is 4.91. The molecule has 0 saturated heterocycles. The summed E-state index contributed by atoms with van der Waals surface area (Å²) in [6.07, 6.45) is 1.000. The highest BCUT2D eigenvalue weighted by molar-refractivity contribution is 5.75. The number of imidazole rings is 1. The molecule has 0 aliphatic carbocycles. The van der Waals surface area contributed by atoms with Crippen LogP contribution in [0.3, 0.4) is 0 Å². The van der Waals surface area contributed by atoms with E-state index >= 15 is 0 Å². The van der Waals surface area contributed by atoms with E-state index in [0.29, 0.717) is 0 Å². The van der Waals surface area contributed by atoms with Gasteiger partial charge in [-0.25, -0.2) is 4.98 Å². The van der Waals surface area contributed by atoms with Crippen molar-refractivity contribution in [1.29, 1.82) is 0 Å². The summed E-state index contributed by atoms with van der Waals surface area (Å²) in [5.41, 5.74) is 2.82. The van der Waals surface area contributed by atoms with Crippen LogP contribution >= 0.6 is 0 Å². The maximum atomic E-state index is 4.91. The fourth-order valence-corrected chi connectivity index (χ4v) is 3.25. The van der Waals surface area contributed by atoms with Gasteiger partial charge in [0, 0.05) is 19.5 Å². The summed E-state index contributed by atoms with van der Waals surface area (Å²) in [6.45, 7) is 13.6. The molecule has 1 heterocycles. The Morgan fingerprint density at radius 2 is 1.68 bits per heavy atom. The Labute approximate surface area is 135 Å². The van der Waals surface area contributed by atoms with Crippen LogP contribution in [0.4, 0.5) is 0 Å². The van der Waals surface area contributed by atoms with Crippen molar-refractivity contribution in [2.75, 3.05) is 20.6 Å². The summed E-state index contributed by atoms with van der Waals surface area (Å²) >= 11 is 0. The molecule has 0 bridgehead atoms. The second kappa shape index (κ2) is 6.04. The third kappa shape index (κ3) is 4.33. The van der Waals surface area contributed by atoms with Gasteiger partial charge < -0.3 is 9.47 Å². The van der Waals surface area contributed by atoms with E-state index in [1.807, 2.05) is 0 Å². The van der Waals surface area contributed by atoms with Crippen molar-refractivity contribution in [1.82, 2.24) is 14.5 Å². The topological polar surface area (TPSA) is 21.1 Å². The number of para-hydroxylation sites is 2. The SMILES string of the molecule is CN(C)CC(C)(C)Cn1c(CC(C)(C)C)nc2ccccc21. The zero-order valence-corrected chi connectivity index (χ0v) is 15.3. The summed E-state index contributed by atoms with van der Waals surface area (Å²) in [6, 6.07) is 8.50. The van der Waals surface area contributed by atoms with Gasteiger partial charge in [-0.3, -0.25) is 0 Å². The Bertz CT molecular complexity index is 630. The molecule has 1 aromatic heterocycles. The van der Waals surface area contributed by atoms with Crippen LogP contribution in [0, 0.1) is 10.8 Å². The van der Waals surface area contributed by atoms with Crippen LogP contribution in [0.2, 0.25) is 0 Å². The van der Waals surface area contributed by atoms with Crippen LogP contribution in [0.5, 0.6) is 0 Å². The molecular formula is C19H31N3. The second-order valence-corrected chi connectivity index (χ2v) is 8.74. The van der Waals surface area contributed by atoms with E-state index in [1.165, 1.54) is 11.3 Å². The fourth-order valence-electron chi connectivity index (χ4n) is 3.25. The molecule has 2 aromatic rings. The summed E-state index contributed by atoms with van der Waals surface area (Å²) in [4.78, 5) is 7.18. The summed E-state index contributed by atoms with van der Waals surface area (Å²) < 4.78 is 2.43. The summed E-state index contributed by atoms with van der Waals surface area (Å²) in [5, 5.41) is 0. The number of aromatic nitrogens is 2. The zero-order valence-electron chi connectivity index (χ0n) is 15.3. The lowest BCUT2D eigenvalue weighted by Gasteiger charge is -2.30. The van der Waals surface area contributed by atoms with Gasteiger partial charge in [0.15, 0.2) is 0 Å². The van der Waals surface area contributed by atoms with Crippen molar-refractivity contribution in [3.05, 3.63) is 30.1 Å². The maximum Gasteiger partial charge on any atom is 0.110 e. The fraction of sp³-hybridized carbons (Fsp3) is 0.632. The first-order chi connectivity index (χ1) is 10.1. The van der Waals surface area contributed by atoms with E-state index in [4.69, 9.17) is 4.98 Å². The molecule has 3 nitrogen and oxygen atoms in total.